The average Bonchev–Trinajstić information content (AvgIpc) is 2.63. The molecule has 0 radical (unpaired) electrons. The summed E-state index contributed by atoms with van der Waals surface area (Å²) >= 11 is 0. The van der Waals surface area contributed by atoms with Crippen LogP contribution in [0.2, 0.25) is 0 Å². The van der Waals surface area contributed by atoms with E-state index in [0.29, 0.717) is 13.0 Å². The van der Waals surface area contributed by atoms with E-state index in [1.54, 1.807) is 0 Å². The highest BCUT2D eigenvalue weighted by atomic mass is 16.5. The third kappa shape index (κ3) is 1.56. The predicted octanol–water partition coefficient (Wildman–Crippen LogP) is -0.404. The van der Waals surface area contributed by atoms with Gasteiger partial charge in [0.1, 0.15) is 0 Å². The molecule has 4 heteroatoms. The Kier molecular flexibility index (Phi) is 2.51. The zero-order valence-electron chi connectivity index (χ0n) is 7.95. The highest BCUT2D eigenvalue weighted by Gasteiger charge is 2.37. The number of fused-ring (bicyclic) bond motifs is 1. The first kappa shape index (κ1) is 8.97. The van der Waals surface area contributed by atoms with Crippen LogP contribution in [0.1, 0.15) is 13.3 Å². The van der Waals surface area contributed by atoms with E-state index in [1.807, 2.05) is 11.8 Å². The zero-order valence-corrected chi connectivity index (χ0v) is 7.95. The third-order valence-electron chi connectivity index (χ3n) is 2.82. The first-order valence-corrected chi connectivity index (χ1v) is 4.94. The van der Waals surface area contributed by atoms with Gasteiger partial charge in [0.15, 0.2) is 0 Å². The second kappa shape index (κ2) is 3.64. The van der Waals surface area contributed by atoms with Crippen LogP contribution in [-0.2, 0) is 9.53 Å². The Morgan fingerprint density at radius 2 is 2.46 bits per heavy atom. The standard InChI is InChI=1S/C9H16N2O2/c1-2-9(12)11-3-4-13-8-6-10-5-7(8)11/h7-8,10H,2-6H2,1H3/t7-,8+/m0/s1. The minimum absolute atomic E-state index is 0.226. The fourth-order valence-corrected chi connectivity index (χ4v) is 2.10. The number of nitrogens with zero attached hydrogens (tertiary/aromatic N) is 1. The highest BCUT2D eigenvalue weighted by Crippen LogP contribution is 2.18. The molecule has 0 aromatic carbocycles. The second-order valence-corrected chi connectivity index (χ2v) is 3.58. The van der Waals surface area contributed by atoms with Crippen molar-refractivity contribution in [3.8, 4) is 0 Å². The van der Waals surface area contributed by atoms with Gasteiger partial charge in [0.25, 0.3) is 0 Å². The van der Waals surface area contributed by atoms with Gasteiger partial charge in [0.05, 0.1) is 18.8 Å². The molecule has 2 rings (SSSR count). The highest BCUT2D eigenvalue weighted by molar-refractivity contribution is 5.76. The van der Waals surface area contributed by atoms with E-state index in [9.17, 15) is 4.79 Å². The molecule has 0 spiro atoms. The van der Waals surface area contributed by atoms with E-state index in [1.165, 1.54) is 0 Å². The van der Waals surface area contributed by atoms with Crippen molar-refractivity contribution in [3.05, 3.63) is 0 Å². The molecule has 13 heavy (non-hydrogen) atoms. The molecule has 0 bridgehead atoms. The van der Waals surface area contributed by atoms with E-state index in [-0.39, 0.29) is 18.1 Å². The Morgan fingerprint density at radius 1 is 1.62 bits per heavy atom. The molecule has 2 atom stereocenters. The third-order valence-corrected chi connectivity index (χ3v) is 2.82. The fourth-order valence-electron chi connectivity index (χ4n) is 2.10. The molecule has 2 fully saturated rings. The molecule has 2 aliphatic rings. The van der Waals surface area contributed by atoms with Crippen LogP contribution in [0.4, 0.5) is 0 Å². The lowest BCUT2D eigenvalue weighted by Gasteiger charge is -2.36. The maximum absolute atomic E-state index is 11.6. The molecular formula is C9H16N2O2. The van der Waals surface area contributed by atoms with Gasteiger partial charge in [-0.2, -0.15) is 0 Å². The normalized spacial score (nSPS) is 33.2. The van der Waals surface area contributed by atoms with Crippen LogP contribution >= 0.6 is 0 Å². The molecule has 1 amide bonds. The van der Waals surface area contributed by atoms with Crippen LogP contribution in [-0.4, -0.2) is 49.2 Å². The number of carbonyl (C=O) groups excluding carboxylic acids is 1. The summed E-state index contributed by atoms with van der Waals surface area (Å²) in [6, 6.07) is 0.279. The summed E-state index contributed by atoms with van der Waals surface area (Å²) < 4.78 is 5.57. The maximum Gasteiger partial charge on any atom is 0.222 e. The number of nitrogens with one attached hydrogen (secondary N) is 1. The molecule has 0 saturated carbocycles. The Bertz CT molecular complexity index is 208. The van der Waals surface area contributed by atoms with Crippen molar-refractivity contribution < 1.29 is 9.53 Å². The average molecular weight is 184 g/mol. The molecule has 0 aromatic heterocycles. The summed E-state index contributed by atoms with van der Waals surface area (Å²) in [5.74, 6) is 0.252. The zero-order chi connectivity index (χ0) is 9.26. The number of carbonyl (C=O) groups is 1. The quantitative estimate of drug-likeness (QED) is 0.602. The van der Waals surface area contributed by atoms with Crippen LogP contribution in [0.25, 0.3) is 0 Å². The Morgan fingerprint density at radius 3 is 3.23 bits per heavy atom. The van der Waals surface area contributed by atoms with Crippen molar-refractivity contribution in [1.82, 2.24) is 10.2 Å². The Labute approximate surface area is 78.2 Å². The van der Waals surface area contributed by atoms with Gasteiger partial charge in [-0.25, -0.2) is 0 Å². The molecule has 0 unspecified atom stereocenters. The van der Waals surface area contributed by atoms with Gasteiger partial charge in [-0.05, 0) is 0 Å². The molecule has 0 aromatic rings. The van der Waals surface area contributed by atoms with E-state index < -0.39 is 0 Å². The summed E-state index contributed by atoms with van der Waals surface area (Å²) in [6.07, 6.45) is 0.827. The fraction of sp³-hybridized carbons (Fsp3) is 0.889. The van der Waals surface area contributed by atoms with Crippen molar-refractivity contribution in [2.45, 2.75) is 25.5 Å². The molecule has 2 saturated heterocycles. The smallest absolute Gasteiger partial charge is 0.222 e. The van der Waals surface area contributed by atoms with Crippen LogP contribution < -0.4 is 5.32 Å². The summed E-state index contributed by atoms with van der Waals surface area (Å²) in [5, 5.41) is 3.25. The summed E-state index contributed by atoms with van der Waals surface area (Å²) in [7, 11) is 0. The van der Waals surface area contributed by atoms with E-state index in [2.05, 4.69) is 5.32 Å². The molecule has 2 aliphatic heterocycles. The number of morpholine rings is 1. The van der Waals surface area contributed by atoms with Crippen LogP contribution in [0.5, 0.6) is 0 Å². The maximum atomic E-state index is 11.6. The number of hydrogen-bond donors (Lipinski definition) is 1. The second-order valence-electron chi connectivity index (χ2n) is 3.58. The van der Waals surface area contributed by atoms with E-state index in [0.717, 1.165) is 19.6 Å². The first-order chi connectivity index (χ1) is 6.33. The van der Waals surface area contributed by atoms with Gasteiger partial charge in [-0.3, -0.25) is 4.79 Å². The predicted molar refractivity (Wildman–Crippen MR) is 48.4 cm³/mol. The topological polar surface area (TPSA) is 41.6 Å². The SMILES string of the molecule is CCC(=O)N1CCO[C@@H]2CNC[C@@H]21. The molecule has 0 aliphatic carbocycles. The van der Waals surface area contributed by atoms with Crippen molar-refractivity contribution in [1.29, 1.82) is 0 Å². The molecule has 4 nitrogen and oxygen atoms in total. The van der Waals surface area contributed by atoms with Crippen molar-refractivity contribution >= 4 is 5.91 Å². The Hall–Kier alpha value is -0.610. The molecule has 1 N–H and O–H groups in total. The van der Waals surface area contributed by atoms with Gasteiger partial charge < -0.3 is 15.0 Å². The largest absolute Gasteiger partial charge is 0.373 e. The molecular weight excluding hydrogens is 168 g/mol. The summed E-state index contributed by atoms with van der Waals surface area (Å²) in [5.41, 5.74) is 0. The minimum Gasteiger partial charge on any atom is -0.373 e. The van der Waals surface area contributed by atoms with Gasteiger partial charge in [0.2, 0.25) is 5.91 Å². The number of rotatable bonds is 1. The van der Waals surface area contributed by atoms with Crippen LogP contribution in [0, 0.1) is 0 Å². The van der Waals surface area contributed by atoms with Gasteiger partial charge >= 0.3 is 0 Å². The van der Waals surface area contributed by atoms with E-state index >= 15 is 0 Å². The summed E-state index contributed by atoms with van der Waals surface area (Å²) in [4.78, 5) is 13.5. The van der Waals surface area contributed by atoms with Crippen molar-refractivity contribution in [2.75, 3.05) is 26.2 Å². The minimum atomic E-state index is 0.226. The van der Waals surface area contributed by atoms with Gasteiger partial charge in [0, 0.05) is 26.1 Å². The van der Waals surface area contributed by atoms with Crippen LogP contribution in [0.15, 0.2) is 0 Å². The lowest BCUT2D eigenvalue weighted by atomic mass is 10.1. The molecule has 2 heterocycles. The van der Waals surface area contributed by atoms with Gasteiger partial charge in [-0.15, -0.1) is 0 Å². The number of ether oxygens (including phenoxy) is 1. The van der Waals surface area contributed by atoms with E-state index in [4.69, 9.17) is 4.74 Å². The van der Waals surface area contributed by atoms with Gasteiger partial charge in [-0.1, -0.05) is 6.92 Å². The lowest BCUT2D eigenvalue weighted by molar-refractivity contribution is -0.142. The molecule has 74 valence electrons. The van der Waals surface area contributed by atoms with Crippen LogP contribution in [0.3, 0.4) is 0 Å². The first-order valence-electron chi connectivity index (χ1n) is 4.94. The number of amides is 1. The van der Waals surface area contributed by atoms with Crippen molar-refractivity contribution in [3.63, 3.8) is 0 Å². The summed E-state index contributed by atoms with van der Waals surface area (Å²) in [6.45, 7) is 5.13. The number of hydrogen-bond acceptors (Lipinski definition) is 3. The van der Waals surface area contributed by atoms with Crippen molar-refractivity contribution in [2.24, 2.45) is 0 Å². The monoisotopic (exact) mass is 184 g/mol. The lowest BCUT2D eigenvalue weighted by Crippen LogP contribution is -2.53. The Balaban J connectivity index is 2.05.